The maximum atomic E-state index is 13.9. The first kappa shape index (κ1) is 21.7. The van der Waals surface area contributed by atoms with Crippen molar-refractivity contribution in [1.82, 2.24) is 35.0 Å². The first-order valence-electron chi connectivity index (χ1n) is 13.5. The Kier molecular flexibility index (Phi) is 4.46. The van der Waals surface area contributed by atoms with Gasteiger partial charge in [-0.2, -0.15) is 5.10 Å². The van der Waals surface area contributed by atoms with Crippen molar-refractivity contribution in [3.05, 3.63) is 54.5 Å². The number of anilines is 1. The number of piperidine rings is 1. The molecule has 2 N–H and O–H groups in total. The SMILES string of the molecule is CC(NCc1cc2cnc(Cn3cnc(-c4cncc(N5CCC6CC65)c4)n3)cc2[nH]1)C12CC(F)(C1)C2. The highest BCUT2D eigenvalue weighted by atomic mass is 19.1. The van der Waals surface area contributed by atoms with Crippen LogP contribution < -0.4 is 10.2 Å². The van der Waals surface area contributed by atoms with Gasteiger partial charge in [-0.3, -0.25) is 9.97 Å². The Morgan fingerprint density at radius 1 is 1.16 bits per heavy atom. The van der Waals surface area contributed by atoms with Crippen LogP contribution in [0, 0.1) is 11.3 Å². The molecule has 190 valence electrons. The topological polar surface area (TPSA) is 87.6 Å². The standard InChI is InChI=1S/C28H31FN8/c1-17(27-13-28(29,14-27)15-27)31-10-21-4-19-9-32-22(7-24(19)34-21)12-36-16-33-26(35-36)20-5-23(11-30-8-20)37-3-2-18-6-25(18)37/h4-5,7-9,11,16-18,25,31,34H,2-3,6,10,12-15H2,1H3. The Morgan fingerprint density at radius 3 is 2.84 bits per heavy atom. The predicted octanol–water partition coefficient (Wildman–Crippen LogP) is 4.23. The van der Waals surface area contributed by atoms with Crippen LogP contribution in [0.4, 0.5) is 10.1 Å². The molecule has 4 aromatic heterocycles. The average molecular weight is 499 g/mol. The summed E-state index contributed by atoms with van der Waals surface area (Å²) < 4.78 is 15.7. The van der Waals surface area contributed by atoms with Gasteiger partial charge < -0.3 is 15.2 Å². The fraction of sp³-hybridized carbons (Fsp3) is 0.500. The zero-order chi connectivity index (χ0) is 24.8. The maximum Gasteiger partial charge on any atom is 0.182 e. The number of aromatic nitrogens is 6. The summed E-state index contributed by atoms with van der Waals surface area (Å²) in [6, 6.07) is 7.41. The molecule has 9 heteroatoms. The Morgan fingerprint density at radius 2 is 2.05 bits per heavy atom. The van der Waals surface area contributed by atoms with Crippen molar-refractivity contribution in [3.63, 3.8) is 0 Å². The number of nitrogens with zero attached hydrogens (tertiary/aromatic N) is 6. The Balaban J connectivity index is 0.941. The molecule has 9 rings (SSSR count). The molecule has 1 saturated heterocycles. The zero-order valence-corrected chi connectivity index (χ0v) is 21.0. The van der Waals surface area contributed by atoms with E-state index >= 15 is 0 Å². The van der Waals surface area contributed by atoms with Crippen LogP contribution >= 0.6 is 0 Å². The summed E-state index contributed by atoms with van der Waals surface area (Å²) in [5.41, 5.74) is 4.55. The molecule has 8 nitrogen and oxygen atoms in total. The Hall–Kier alpha value is -3.33. The quantitative estimate of drug-likeness (QED) is 0.378. The van der Waals surface area contributed by atoms with E-state index in [9.17, 15) is 4.39 Å². The highest BCUT2D eigenvalue weighted by Crippen LogP contribution is 2.70. The minimum absolute atomic E-state index is 0.179. The number of rotatable bonds is 8. The van der Waals surface area contributed by atoms with Crippen molar-refractivity contribution in [2.45, 2.75) is 69.9 Å². The van der Waals surface area contributed by atoms with Crippen LogP contribution in [0.25, 0.3) is 22.3 Å². The first-order valence-corrected chi connectivity index (χ1v) is 13.5. The van der Waals surface area contributed by atoms with Gasteiger partial charge in [-0.25, -0.2) is 14.1 Å². The molecule has 4 aliphatic carbocycles. The number of hydrogen-bond acceptors (Lipinski definition) is 6. The van der Waals surface area contributed by atoms with Crippen molar-refractivity contribution >= 4 is 16.6 Å². The van der Waals surface area contributed by atoms with E-state index in [0.717, 1.165) is 66.1 Å². The Bertz CT molecular complexity index is 1490. The molecule has 37 heavy (non-hydrogen) atoms. The van der Waals surface area contributed by atoms with Crippen LogP contribution in [0.2, 0.25) is 0 Å². The predicted molar refractivity (Wildman–Crippen MR) is 139 cm³/mol. The van der Waals surface area contributed by atoms with Crippen LogP contribution in [0.5, 0.6) is 0 Å². The lowest BCUT2D eigenvalue weighted by Gasteiger charge is -2.68. The van der Waals surface area contributed by atoms with E-state index in [0.29, 0.717) is 24.5 Å². The normalized spacial score (nSPS) is 30.2. The smallest absolute Gasteiger partial charge is 0.182 e. The van der Waals surface area contributed by atoms with Crippen molar-refractivity contribution < 1.29 is 4.39 Å². The third-order valence-corrected chi connectivity index (χ3v) is 9.34. The van der Waals surface area contributed by atoms with Crippen LogP contribution in [0.1, 0.15) is 50.4 Å². The van der Waals surface area contributed by atoms with E-state index in [1.54, 1.807) is 6.33 Å². The van der Waals surface area contributed by atoms with E-state index < -0.39 is 5.67 Å². The number of pyridine rings is 2. The van der Waals surface area contributed by atoms with Gasteiger partial charge in [-0.15, -0.1) is 0 Å². The van der Waals surface area contributed by atoms with E-state index in [1.807, 2.05) is 23.3 Å². The second kappa shape index (κ2) is 7.60. The number of fused-ring (bicyclic) bond motifs is 2. The molecule has 3 unspecified atom stereocenters. The average Bonchev–Trinajstić information content (AvgIpc) is 3.20. The van der Waals surface area contributed by atoms with Gasteiger partial charge in [0, 0.05) is 59.7 Å². The molecule has 4 saturated carbocycles. The molecular weight excluding hydrogens is 467 g/mol. The lowest BCUT2D eigenvalue weighted by atomic mass is 9.40. The fourth-order valence-electron chi connectivity index (χ4n) is 7.08. The molecule has 2 bridgehead atoms. The van der Waals surface area contributed by atoms with Crippen molar-refractivity contribution in [2.24, 2.45) is 11.3 Å². The van der Waals surface area contributed by atoms with E-state index in [4.69, 9.17) is 5.10 Å². The zero-order valence-electron chi connectivity index (χ0n) is 21.0. The Labute approximate surface area is 214 Å². The second-order valence-corrected chi connectivity index (χ2v) is 11.9. The number of alkyl halides is 1. The van der Waals surface area contributed by atoms with Gasteiger partial charge in [0.1, 0.15) is 12.0 Å². The lowest BCUT2D eigenvalue weighted by Crippen LogP contribution is -2.70. The van der Waals surface area contributed by atoms with Crippen molar-refractivity contribution in [1.29, 1.82) is 0 Å². The van der Waals surface area contributed by atoms with E-state index in [2.05, 4.69) is 55.3 Å². The lowest BCUT2D eigenvalue weighted by molar-refractivity contribution is -0.226. The molecule has 5 fully saturated rings. The van der Waals surface area contributed by atoms with E-state index in [1.165, 1.54) is 18.5 Å². The van der Waals surface area contributed by atoms with Crippen molar-refractivity contribution in [2.75, 3.05) is 11.4 Å². The summed E-state index contributed by atoms with van der Waals surface area (Å²) in [4.78, 5) is 19.7. The van der Waals surface area contributed by atoms with Gasteiger partial charge >= 0.3 is 0 Å². The molecule has 0 radical (unpaired) electrons. The summed E-state index contributed by atoms with van der Waals surface area (Å²) >= 11 is 0. The van der Waals surface area contributed by atoms with Gasteiger partial charge in [0.25, 0.3) is 0 Å². The summed E-state index contributed by atoms with van der Waals surface area (Å²) in [5.74, 6) is 1.57. The monoisotopic (exact) mass is 498 g/mol. The molecule has 5 aliphatic rings. The third-order valence-electron chi connectivity index (χ3n) is 9.34. The molecule has 1 aliphatic heterocycles. The van der Waals surface area contributed by atoms with Gasteiger partial charge in [-0.1, -0.05) is 0 Å². The summed E-state index contributed by atoms with van der Waals surface area (Å²) in [7, 11) is 0. The van der Waals surface area contributed by atoms with Crippen LogP contribution in [0.3, 0.4) is 0 Å². The van der Waals surface area contributed by atoms with E-state index in [-0.39, 0.29) is 5.41 Å². The van der Waals surface area contributed by atoms with Crippen LogP contribution in [-0.2, 0) is 13.1 Å². The first-order chi connectivity index (χ1) is 18.0. The van der Waals surface area contributed by atoms with Gasteiger partial charge in [-0.05, 0) is 68.6 Å². The summed E-state index contributed by atoms with van der Waals surface area (Å²) in [5, 5.41) is 9.41. The molecular formula is C28H31FN8. The fourth-order valence-corrected chi connectivity index (χ4v) is 7.08. The second-order valence-electron chi connectivity index (χ2n) is 11.9. The third kappa shape index (κ3) is 3.58. The maximum absolute atomic E-state index is 13.9. The number of H-pyrrole nitrogens is 1. The van der Waals surface area contributed by atoms with Crippen molar-refractivity contribution in [3.8, 4) is 11.4 Å². The number of nitrogens with one attached hydrogen (secondary N) is 2. The highest BCUT2D eigenvalue weighted by molar-refractivity contribution is 5.79. The molecule has 0 spiro atoms. The van der Waals surface area contributed by atoms with Crippen LogP contribution in [0.15, 0.2) is 43.1 Å². The number of aromatic amines is 1. The van der Waals surface area contributed by atoms with Crippen LogP contribution in [-0.4, -0.2) is 54.0 Å². The molecule has 5 heterocycles. The largest absolute Gasteiger partial charge is 0.367 e. The van der Waals surface area contributed by atoms with Gasteiger partial charge in [0.05, 0.1) is 24.1 Å². The minimum atomic E-state index is -0.848. The molecule has 0 amide bonds. The summed E-state index contributed by atoms with van der Waals surface area (Å²) in [6.45, 7) is 4.59. The summed E-state index contributed by atoms with van der Waals surface area (Å²) in [6.07, 6.45) is 12.2. The highest BCUT2D eigenvalue weighted by Gasteiger charge is 2.70. The molecule has 3 atom stereocenters. The molecule has 0 aromatic carbocycles. The number of halogens is 1. The minimum Gasteiger partial charge on any atom is -0.367 e. The number of hydrogen-bond donors (Lipinski definition) is 2. The molecule has 4 aromatic rings. The van der Waals surface area contributed by atoms with Gasteiger partial charge in [0.15, 0.2) is 5.82 Å². The van der Waals surface area contributed by atoms with Gasteiger partial charge in [0.2, 0.25) is 0 Å².